The summed E-state index contributed by atoms with van der Waals surface area (Å²) in [6.45, 7) is 0. The fraction of sp³-hybridized carbons (Fsp3) is 0.0769. The highest BCUT2D eigenvalue weighted by Crippen LogP contribution is 2.33. The van der Waals surface area contributed by atoms with E-state index in [2.05, 4.69) is 0 Å². The molecule has 2 nitrogen and oxygen atoms in total. The van der Waals surface area contributed by atoms with E-state index in [4.69, 9.17) is 11.6 Å². The van der Waals surface area contributed by atoms with E-state index in [0.717, 1.165) is 5.69 Å². The van der Waals surface area contributed by atoms with Gasteiger partial charge in [0.05, 0.1) is 5.69 Å². The molecule has 0 heterocycles. The first-order valence-electron chi connectivity index (χ1n) is 4.96. The third-order valence-electron chi connectivity index (χ3n) is 2.44. The van der Waals surface area contributed by atoms with E-state index in [0.29, 0.717) is 10.7 Å². The number of hydrogen-bond donors (Lipinski definition) is 1. The molecule has 0 saturated heterocycles. The SMILES string of the molecule is CN(c1ccccc1)c1cc(Cl)ccc1O. The lowest BCUT2D eigenvalue weighted by molar-refractivity contribution is 0.476. The van der Waals surface area contributed by atoms with Crippen LogP contribution < -0.4 is 4.90 Å². The lowest BCUT2D eigenvalue weighted by atomic mass is 10.2. The van der Waals surface area contributed by atoms with Crippen molar-refractivity contribution in [2.24, 2.45) is 0 Å². The van der Waals surface area contributed by atoms with E-state index in [1.165, 1.54) is 0 Å². The van der Waals surface area contributed by atoms with Crippen LogP contribution in [0.3, 0.4) is 0 Å². The normalized spacial score (nSPS) is 10.1. The number of hydrogen-bond acceptors (Lipinski definition) is 2. The van der Waals surface area contributed by atoms with Crippen LogP contribution in [0.25, 0.3) is 0 Å². The van der Waals surface area contributed by atoms with Gasteiger partial charge in [0, 0.05) is 17.8 Å². The largest absolute Gasteiger partial charge is 0.506 e. The number of anilines is 2. The fourth-order valence-corrected chi connectivity index (χ4v) is 1.72. The number of aromatic hydroxyl groups is 1. The Hall–Kier alpha value is -1.67. The Morgan fingerprint density at radius 2 is 1.75 bits per heavy atom. The zero-order valence-electron chi connectivity index (χ0n) is 8.89. The van der Waals surface area contributed by atoms with Crippen LogP contribution in [0.5, 0.6) is 5.75 Å². The van der Waals surface area contributed by atoms with Gasteiger partial charge in [-0.05, 0) is 30.3 Å². The molecule has 82 valence electrons. The topological polar surface area (TPSA) is 23.5 Å². The van der Waals surface area contributed by atoms with E-state index < -0.39 is 0 Å². The van der Waals surface area contributed by atoms with Gasteiger partial charge in [-0.3, -0.25) is 0 Å². The van der Waals surface area contributed by atoms with Gasteiger partial charge in [-0.2, -0.15) is 0 Å². The second-order valence-electron chi connectivity index (χ2n) is 3.53. The van der Waals surface area contributed by atoms with Gasteiger partial charge < -0.3 is 10.0 Å². The molecule has 0 atom stereocenters. The summed E-state index contributed by atoms with van der Waals surface area (Å²) in [4.78, 5) is 1.89. The summed E-state index contributed by atoms with van der Waals surface area (Å²) < 4.78 is 0. The Labute approximate surface area is 99.7 Å². The van der Waals surface area contributed by atoms with Crippen LogP contribution in [0, 0.1) is 0 Å². The maximum absolute atomic E-state index is 9.77. The van der Waals surface area contributed by atoms with E-state index >= 15 is 0 Å². The van der Waals surface area contributed by atoms with Gasteiger partial charge in [0.2, 0.25) is 0 Å². The first-order valence-corrected chi connectivity index (χ1v) is 5.33. The summed E-state index contributed by atoms with van der Waals surface area (Å²) in [7, 11) is 1.89. The molecule has 2 aromatic rings. The number of benzene rings is 2. The number of phenolic OH excluding ortho intramolecular Hbond substituents is 1. The lowest BCUT2D eigenvalue weighted by Crippen LogP contribution is -2.09. The maximum atomic E-state index is 9.77. The van der Waals surface area contributed by atoms with Crippen LogP contribution in [0.15, 0.2) is 48.5 Å². The van der Waals surface area contributed by atoms with E-state index in [9.17, 15) is 5.11 Å². The average Bonchev–Trinajstić information content (AvgIpc) is 2.32. The Morgan fingerprint density at radius 1 is 1.06 bits per heavy atom. The monoisotopic (exact) mass is 233 g/mol. The molecule has 0 spiro atoms. The van der Waals surface area contributed by atoms with E-state index in [1.54, 1.807) is 18.2 Å². The predicted molar refractivity (Wildman–Crippen MR) is 67.6 cm³/mol. The number of phenols is 1. The van der Waals surface area contributed by atoms with Crippen molar-refractivity contribution < 1.29 is 5.11 Å². The number of nitrogens with zero attached hydrogens (tertiary/aromatic N) is 1. The highest BCUT2D eigenvalue weighted by Gasteiger charge is 2.08. The minimum Gasteiger partial charge on any atom is -0.506 e. The molecule has 0 radical (unpaired) electrons. The molecular weight excluding hydrogens is 222 g/mol. The van der Waals surface area contributed by atoms with Crippen LogP contribution >= 0.6 is 11.6 Å². The Kier molecular flexibility index (Phi) is 3.02. The van der Waals surface area contributed by atoms with Crippen molar-refractivity contribution in [2.75, 3.05) is 11.9 Å². The molecular formula is C13H12ClNO. The number of rotatable bonds is 2. The summed E-state index contributed by atoms with van der Waals surface area (Å²) in [5, 5.41) is 10.4. The van der Waals surface area contributed by atoms with Gasteiger partial charge in [0.1, 0.15) is 5.75 Å². The van der Waals surface area contributed by atoms with Crippen molar-refractivity contribution in [3.63, 3.8) is 0 Å². The standard InChI is InChI=1S/C13H12ClNO/c1-15(11-5-3-2-4-6-11)12-9-10(14)7-8-13(12)16/h2-9,16H,1H3. The molecule has 0 aliphatic carbocycles. The summed E-state index contributed by atoms with van der Waals surface area (Å²) in [5.74, 6) is 0.218. The minimum absolute atomic E-state index is 0.218. The molecule has 0 aliphatic rings. The molecule has 1 N–H and O–H groups in total. The molecule has 0 amide bonds. The first kappa shape index (κ1) is 10.8. The Bertz CT molecular complexity index is 485. The highest BCUT2D eigenvalue weighted by molar-refractivity contribution is 6.31. The molecule has 0 fully saturated rings. The number of para-hydroxylation sites is 1. The zero-order chi connectivity index (χ0) is 11.5. The van der Waals surface area contributed by atoms with Gasteiger partial charge in [0.25, 0.3) is 0 Å². The first-order chi connectivity index (χ1) is 7.68. The van der Waals surface area contributed by atoms with Crippen LogP contribution in [-0.4, -0.2) is 12.2 Å². The molecule has 0 unspecified atom stereocenters. The summed E-state index contributed by atoms with van der Waals surface area (Å²) in [5.41, 5.74) is 1.69. The van der Waals surface area contributed by atoms with Crippen LogP contribution in [0.2, 0.25) is 5.02 Å². The quantitative estimate of drug-likeness (QED) is 0.853. The van der Waals surface area contributed by atoms with Crippen molar-refractivity contribution >= 4 is 23.0 Å². The van der Waals surface area contributed by atoms with Gasteiger partial charge in [-0.1, -0.05) is 29.8 Å². The zero-order valence-corrected chi connectivity index (χ0v) is 9.65. The smallest absolute Gasteiger partial charge is 0.139 e. The summed E-state index contributed by atoms with van der Waals surface area (Å²) in [6, 6.07) is 14.8. The van der Waals surface area contributed by atoms with Gasteiger partial charge in [-0.25, -0.2) is 0 Å². The predicted octanol–water partition coefficient (Wildman–Crippen LogP) is 3.81. The van der Waals surface area contributed by atoms with E-state index in [-0.39, 0.29) is 5.75 Å². The third kappa shape index (κ3) is 2.12. The van der Waals surface area contributed by atoms with Crippen LogP contribution in [0.4, 0.5) is 11.4 Å². The van der Waals surface area contributed by atoms with Gasteiger partial charge in [-0.15, -0.1) is 0 Å². The molecule has 2 aromatic carbocycles. The Balaban J connectivity index is 2.41. The molecule has 0 aromatic heterocycles. The third-order valence-corrected chi connectivity index (χ3v) is 2.68. The second-order valence-corrected chi connectivity index (χ2v) is 3.96. The summed E-state index contributed by atoms with van der Waals surface area (Å²) >= 11 is 5.91. The van der Waals surface area contributed by atoms with Crippen molar-refractivity contribution in [2.45, 2.75) is 0 Å². The van der Waals surface area contributed by atoms with Crippen LogP contribution in [-0.2, 0) is 0 Å². The van der Waals surface area contributed by atoms with Crippen molar-refractivity contribution in [1.29, 1.82) is 0 Å². The minimum atomic E-state index is 0.218. The summed E-state index contributed by atoms with van der Waals surface area (Å²) in [6.07, 6.45) is 0. The molecule has 2 rings (SSSR count). The van der Waals surface area contributed by atoms with Gasteiger partial charge in [0.15, 0.2) is 0 Å². The maximum Gasteiger partial charge on any atom is 0.139 e. The molecule has 0 saturated carbocycles. The lowest BCUT2D eigenvalue weighted by Gasteiger charge is -2.20. The molecule has 0 aliphatic heterocycles. The fourth-order valence-electron chi connectivity index (χ4n) is 1.56. The Morgan fingerprint density at radius 3 is 2.44 bits per heavy atom. The van der Waals surface area contributed by atoms with Crippen molar-refractivity contribution in [3.8, 4) is 5.75 Å². The van der Waals surface area contributed by atoms with Crippen LogP contribution in [0.1, 0.15) is 0 Å². The van der Waals surface area contributed by atoms with Crippen molar-refractivity contribution in [3.05, 3.63) is 53.6 Å². The van der Waals surface area contributed by atoms with Gasteiger partial charge >= 0.3 is 0 Å². The highest BCUT2D eigenvalue weighted by atomic mass is 35.5. The van der Waals surface area contributed by atoms with E-state index in [1.807, 2.05) is 42.3 Å². The average molecular weight is 234 g/mol. The molecule has 0 bridgehead atoms. The molecule has 3 heteroatoms. The molecule has 16 heavy (non-hydrogen) atoms. The second kappa shape index (κ2) is 4.45. The number of halogens is 1. The van der Waals surface area contributed by atoms with Crippen molar-refractivity contribution in [1.82, 2.24) is 0 Å².